The van der Waals surface area contributed by atoms with Gasteiger partial charge in [0.2, 0.25) is 0 Å². The van der Waals surface area contributed by atoms with Crippen LogP contribution >= 0.6 is 15.9 Å². The number of rotatable bonds is 2. The molecule has 0 aliphatic carbocycles. The minimum atomic E-state index is 0.725. The zero-order valence-corrected chi connectivity index (χ0v) is 10.9. The predicted molar refractivity (Wildman–Crippen MR) is 69.2 cm³/mol. The molecule has 0 N–H and O–H groups in total. The molecule has 1 aliphatic rings. The summed E-state index contributed by atoms with van der Waals surface area (Å²) in [6.07, 6.45) is 0.893. The Morgan fingerprint density at radius 3 is 2.50 bits per heavy atom. The first-order valence-corrected chi connectivity index (χ1v) is 6.17. The number of nitrogens with zero attached hydrogens (tertiary/aromatic N) is 2. The molecule has 4 heteroatoms. The molecule has 86 valence electrons. The van der Waals surface area contributed by atoms with Gasteiger partial charge in [0.05, 0.1) is 0 Å². The number of benzene rings is 1. The highest BCUT2D eigenvalue weighted by Gasteiger charge is 2.14. The molecule has 0 bridgehead atoms. The standard InChI is InChI=1S/C12H15BrN2O/c1-14-2-4-15(5-3-14)12-7-10(9-16)6-11(13)8-12/h6-9H,2-5H2,1H3. The summed E-state index contributed by atoms with van der Waals surface area (Å²) in [7, 11) is 2.13. The third-order valence-electron chi connectivity index (χ3n) is 2.91. The van der Waals surface area contributed by atoms with Crippen molar-refractivity contribution in [3.8, 4) is 0 Å². The van der Waals surface area contributed by atoms with Crippen molar-refractivity contribution in [3.63, 3.8) is 0 Å². The second-order valence-electron chi connectivity index (χ2n) is 4.15. The van der Waals surface area contributed by atoms with Gasteiger partial charge in [0.25, 0.3) is 0 Å². The molecule has 1 fully saturated rings. The third-order valence-corrected chi connectivity index (χ3v) is 3.37. The molecule has 16 heavy (non-hydrogen) atoms. The molecule has 0 spiro atoms. The van der Waals surface area contributed by atoms with E-state index in [1.165, 1.54) is 0 Å². The Morgan fingerprint density at radius 1 is 1.19 bits per heavy atom. The van der Waals surface area contributed by atoms with Gasteiger partial charge in [-0.2, -0.15) is 0 Å². The molecule has 1 aromatic carbocycles. The summed E-state index contributed by atoms with van der Waals surface area (Å²) in [6.45, 7) is 4.18. The highest BCUT2D eigenvalue weighted by atomic mass is 79.9. The Labute approximate surface area is 104 Å². The van der Waals surface area contributed by atoms with Gasteiger partial charge in [-0.25, -0.2) is 0 Å². The molecule has 1 aromatic rings. The van der Waals surface area contributed by atoms with Crippen molar-refractivity contribution < 1.29 is 4.79 Å². The third kappa shape index (κ3) is 2.62. The second-order valence-corrected chi connectivity index (χ2v) is 5.07. The average molecular weight is 283 g/mol. The molecular weight excluding hydrogens is 268 g/mol. The molecule has 2 rings (SSSR count). The van der Waals surface area contributed by atoms with Crippen LogP contribution in [0.2, 0.25) is 0 Å². The quantitative estimate of drug-likeness (QED) is 0.776. The maximum absolute atomic E-state index is 10.8. The summed E-state index contributed by atoms with van der Waals surface area (Å²) in [5.41, 5.74) is 1.85. The van der Waals surface area contributed by atoms with Crippen LogP contribution in [0.3, 0.4) is 0 Å². The fraction of sp³-hybridized carbons (Fsp3) is 0.417. The molecule has 0 saturated carbocycles. The molecule has 0 radical (unpaired) electrons. The number of anilines is 1. The fourth-order valence-corrected chi connectivity index (χ4v) is 2.41. The molecule has 3 nitrogen and oxygen atoms in total. The Kier molecular flexibility index (Phi) is 3.61. The summed E-state index contributed by atoms with van der Waals surface area (Å²) in [5, 5.41) is 0. The van der Waals surface area contributed by atoms with Gasteiger partial charge in [0, 0.05) is 41.9 Å². The summed E-state index contributed by atoms with van der Waals surface area (Å²) in [5.74, 6) is 0. The lowest BCUT2D eigenvalue weighted by Gasteiger charge is -2.34. The molecule has 0 atom stereocenters. The summed E-state index contributed by atoms with van der Waals surface area (Å²) in [6, 6.07) is 5.86. The Hall–Kier alpha value is -0.870. The van der Waals surface area contributed by atoms with E-state index >= 15 is 0 Å². The fourth-order valence-electron chi connectivity index (χ4n) is 1.91. The molecule has 0 unspecified atom stereocenters. The van der Waals surface area contributed by atoms with Gasteiger partial charge < -0.3 is 9.80 Å². The van der Waals surface area contributed by atoms with E-state index in [9.17, 15) is 4.79 Å². The van der Waals surface area contributed by atoms with E-state index in [4.69, 9.17) is 0 Å². The van der Waals surface area contributed by atoms with Crippen LogP contribution in [0.1, 0.15) is 10.4 Å². The maximum atomic E-state index is 10.8. The molecule has 0 aromatic heterocycles. The number of halogens is 1. The SMILES string of the molecule is CN1CCN(c2cc(Br)cc(C=O)c2)CC1. The molecule has 1 saturated heterocycles. The van der Waals surface area contributed by atoms with E-state index in [1.807, 2.05) is 12.1 Å². The van der Waals surface area contributed by atoms with E-state index in [-0.39, 0.29) is 0 Å². The minimum Gasteiger partial charge on any atom is -0.369 e. The predicted octanol–water partition coefficient (Wildman–Crippen LogP) is 2.01. The molecule has 0 amide bonds. The van der Waals surface area contributed by atoms with Gasteiger partial charge in [-0.05, 0) is 25.2 Å². The Balaban J connectivity index is 2.19. The lowest BCUT2D eigenvalue weighted by molar-refractivity contribution is 0.112. The molecule has 1 aliphatic heterocycles. The van der Waals surface area contributed by atoms with Crippen molar-refractivity contribution in [3.05, 3.63) is 28.2 Å². The number of hydrogen-bond donors (Lipinski definition) is 0. The smallest absolute Gasteiger partial charge is 0.150 e. The van der Waals surface area contributed by atoms with Gasteiger partial charge in [-0.15, -0.1) is 0 Å². The van der Waals surface area contributed by atoms with Crippen LogP contribution in [-0.2, 0) is 0 Å². The monoisotopic (exact) mass is 282 g/mol. The molecular formula is C12H15BrN2O. The normalized spacial score (nSPS) is 17.5. The maximum Gasteiger partial charge on any atom is 0.150 e. The van der Waals surface area contributed by atoms with Crippen LogP contribution in [0.25, 0.3) is 0 Å². The van der Waals surface area contributed by atoms with Crippen LogP contribution < -0.4 is 4.90 Å². The van der Waals surface area contributed by atoms with Crippen molar-refractivity contribution in [1.82, 2.24) is 4.90 Å². The van der Waals surface area contributed by atoms with E-state index < -0.39 is 0 Å². The number of aldehydes is 1. The number of hydrogen-bond acceptors (Lipinski definition) is 3. The van der Waals surface area contributed by atoms with Crippen molar-refractivity contribution in [2.24, 2.45) is 0 Å². The van der Waals surface area contributed by atoms with Gasteiger partial charge >= 0.3 is 0 Å². The first-order chi connectivity index (χ1) is 7.69. The van der Waals surface area contributed by atoms with Crippen LogP contribution in [-0.4, -0.2) is 44.4 Å². The largest absolute Gasteiger partial charge is 0.369 e. The average Bonchev–Trinajstić information content (AvgIpc) is 2.29. The van der Waals surface area contributed by atoms with E-state index in [2.05, 4.69) is 38.8 Å². The first kappa shape index (κ1) is 11.6. The van der Waals surface area contributed by atoms with Crippen molar-refractivity contribution in [2.75, 3.05) is 38.1 Å². The highest BCUT2D eigenvalue weighted by Crippen LogP contribution is 2.23. The van der Waals surface area contributed by atoms with Gasteiger partial charge in [-0.3, -0.25) is 4.79 Å². The van der Waals surface area contributed by atoms with Crippen LogP contribution in [0.15, 0.2) is 22.7 Å². The Bertz CT molecular complexity index is 387. The van der Waals surface area contributed by atoms with Crippen LogP contribution in [0.4, 0.5) is 5.69 Å². The van der Waals surface area contributed by atoms with E-state index in [0.29, 0.717) is 0 Å². The lowest BCUT2D eigenvalue weighted by atomic mass is 10.2. The zero-order chi connectivity index (χ0) is 11.5. The number of piperazine rings is 1. The van der Waals surface area contributed by atoms with E-state index in [1.54, 1.807) is 0 Å². The van der Waals surface area contributed by atoms with Crippen molar-refractivity contribution in [1.29, 1.82) is 0 Å². The number of carbonyl (C=O) groups excluding carboxylic acids is 1. The van der Waals surface area contributed by atoms with Crippen LogP contribution in [0.5, 0.6) is 0 Å². The summed E-state index contributed by atoms with van der Waals surface area (Å²) < 4.78 is 0.964. The van der Waals surface area contributed by atoms with Crippen LogP contribution in [0, 0.1) is 0 Å². The summed E-state index contributed by atoms with van der Waals surface area (Å²) in [4.78, 5) is 15.4. The zero-order valence-electron chi connectivity index (χ0n) is 9.32. The topological polar surface area (TPSA) is 23.6 Å². The van der Waals surface area contributed by atoms with E-state index in [0.717, 1.165) is 48.2 Å². The second kappa shape index (κ2) is 4.97. The lowest BCUT2D eigenvalue weighted by Crippen LogP contribution is -2.44. The summed E-state index contributed by atoms with van der Waals surface area (Å²) >= 11 is 3.44. The highest BCUT2D eigenvalue weighted by molar-refractivity contribution is 9.10. The van der Waals surface area contributed by atoms with Gasteiger partial charge in [0.1, 0.15) is 6.29 Å². The van der Waals surface area contributed by atoms with Crippen molar-refractivity contribution in [2.45, 2.75) is 0 Å². The number of carbonyl (C=O) groups is 1. The minimum absolute atomic E-state index is 0.725. The first-order valence-electron chi connectivity index (χ1n) is 5.38. The van der Waals surface area contributed by atoms with Crippen molar-refractivity contribution >= 4 is 27.9 Å². The Morgan fingerprint density at radius 2 is 1.88 bits per heavy atom. The molecule has 1 heterocycles. The van der Waals surface area contributed by atoms with Gasteiger partial charge in [-0.1, -0.05) is 15.9 Å². The number of likely N-dealkylation sites (N-methyl/N-ethyl adjacent to an activating group) is 1. The van der Waals surface area contributed by atoms with Gasteiger partial charge in [0.15, 0.2) is 0 Å².